The van der Waals surface area contributed by atoms with E-state index in [-0.39, 0.29) is 6.04 Å². The van der Waals surface area contributed by atoms with E-state index in [1.54, 1.807) is 5.41 Å². The summed E-state index contributed by atoms with van der Waals surface area (Å²) in [4.78, 5) is 10.7. The second kappa shape index (κ2) is 7.74. The summed E-state index contributed by atoms with van der Waals surface area (Å²) in [5, 5.41) is 5.00. The van der Waals surface area contributed by atoms with Gasteiger partial charge < -0.3 is 10.1 Å². The molecule has 0 aliphatic carbocycles. The van der Waals surface area contributed by atoms with Gasteiger partial charge in [0.15, 0.2) is 0 Å². The number of thiol groups is 1. The van der Waals surface area contributed by atoms with Gasteiger partial charge in [-0.3, -0.25) is 0 Å². The normalized spacial score (nSPS) is 13.6. The summed E-state index contributed by atoms with van der Waals surface area (Å²) >= 11 is 4.00. The van der Waals surface area contributed by atoms with Crippen LogP contribution in [-0.2, 0) is 4.79 Å². The zero-order chi connectivity index (χ0) is 12.5. The standard InChI is InChI=1S/C14H17NOS/c1-12(6-5-11-17)14(9-10-16)15-13-7-3-2-4-8-13/h2-8,10-11,14-15,17H,9H2,1H3/b11-5+,12-6?/t14-/m0/s1. The fraction of sp³-hybridized carbons (Fsp3) is 0.214. The quantitative estimate of drug-likeness (QED) is 0.458. The molecule has 17 heavy (non-hydrogen) atoms. The number of allylic oxidation sites excluding steroid dienone is 2. The van der Waals surface area contributed by atoms with Gasteiger partial charge in [0.05, 0.1) is 6.04 Å². The molecule has 1 rings (SSSR count). The number of hydrogen-bond acceptors (Lipinski definition) is 3. The number of nitrogens with one attached hydrogen (secondary N) is 1. The second-order valence-electron chi connectivity index (χ2n) is 3.72. The van der Waals surface area contributed by atoms with Crippen molar-refractivity contribution in [1.29, 1.82) is 0 Å². The van der Waals surface area contributed by atoms with Crippen LogP contribution < -0.4 is 5.32 Å². The molecular weight excluding hydrogens is 230 g/mol. The van der Waals surface area contributed by atoms with Crippen molar-refractivity contribution in [2.24, 2.45) is 0 Å². The molecule has 0 saturated carbocycles. The predicted octanol–water partition coefficient (Wildman–Crippen LogP) is 3.45. The van der Waals surface area contributed by atoms with Gasteiger partial charge >= 0.3 is 0 Å². The zero-order valence-electron chi connectivity index (χ0n) is 9.84. The van der Waals surface area contributed by atoms with Gasteiger partial charge in [0.2, 0.25) is 0 Å². The van der Waals surface area contributed by atoms with Crippen molar-refractivity contribution in [3.63, 3.8) is 0 Å². The van der Waals surface area contributed by atoms with Crippen molar-refractivity contribution in [2.75, 3.05) is 5.32 Å². The molecule has 0 aromatic heterocycles. The molecule has 0 fully saturated rings. The molecule has 0 aliphatic heterocycles. The van der Waals surface area contributed by atoms with Crippen LogP contribution in [0.15, 0.2) is 53.5 Å². The van der Waals surface area contributed by atoms with Gasteiger partial charge in [-0.2, -0.15) is 12.6 Å². The summed E-state index contributed by atoms with van der Waals surface area (Å²) in [5.74, 6) is 0. The van der Waals surface area contributed by atoms with Crippen LogP contribution >= 0.6 is 12.6 Å². The summed E-state index contributed by atoms with van der Waals surface area (Å²) in [6.07, 6.45) is 5.19. The van der Waals surface area contributed by atoms with E-state index in [4.69, 9.17) is 0 Å². The molecule has 0 saturated heterocycles. The van der Waals surface area contributed by atoms with Gasteiger partial charge in [-0.1, -0.05) is 35.9 Å². The number of benzene rings is 1. The highest BCUT2D eigenvalue weighted by Gasteiger charge is 2.09. The molecule has 0 amide bonds. The van der Waals surface area contributed by atoms with Crippen LogP contribution in [0.3, 0.4) is 0 Å². The topological polar surface area (TPSA) is 29.1 Å². The average molecular weight is 247 g/mol. The van der Waals surface area contributed by atoms with Crippen LogP contribution in [0.1, 0.15) is 13.3 Å². The highest BCUT2D eigenvalue weighted by atomic mass is 32.1. The minimum absolute atomic E-state index is 0.0273. The molecule has 3 heteroatoms. The zero-order valence-corrected chi connectivity index (χ0v) is 10.7. The van der Waals surface area contributed by atoms with Crippen molar-refractivity contribution in [2.45, 2.75) is 19.4 Å². The largest absolute Gasteiger partial charge is 0.378 e. The third kappa shape index (κ3) is 4.91. The summed E-state index contributed by atoms with van der Waals surface area (Å²) in [7, 11) is 0. The van der Waals surface area contributed by atoms with E-state index < -0.39 is 0 Å². The van der Waals surface area contributed by atoms with Crippen molar-refractivity contribution < 1.29 is 4.79 Å². The fourth-order valence-electron chi connectivity index (χ4n) is 1.50. The molecule has 1 atom stereocenters. The first-order valence-corrected chi connectivity index (χ1v) is 6.02. The maximum absolute atomic E-state index is 10.7. The van der Waals surface area contributed by atoms with Crippen molar-refractivity contribution in [3.05, 3.63) is 53.5 Å². The third-order valence-corrected chi connectivity index (χ3v) is 2.61. The lowest BCUT2D eigenvalue weighted by Gasteiger charge is -2.18. The van der Waals surface area contributed by atoms with Crippen LogP contribution in [0.2, 0.25) is 0 Å². The highest BCUT2D eigenvalue weighted by Crippen LogP contribution is 2.14. The molecule has 1 N–H and O–H groups in total. The number of hydrogen-bond donors (Lipinski definition) is 2. The molecule has 2 nitrogen and oxygen atoms in total. The van der Waals surface area contributed by atoms with Crippen LogP contribution in [0.4, 0.5) is 5.69 Å². The molecular formula is C14H17NOS. The smallest absolute Gasteiger partial charge is 0.122 e. The molecule has 0 spiro atoms. The van der Waals surface area contributed by atoms with E-state index in [2.05, 4.69) is 17.9 Å². The van der Waals surface area contributed by atoms with E-state index in [1.165, 1.54) is 0 Å². The predicted molar refractivity (Wildman–Crippen MR) is 76.4 cm³/mol. The van der Waals surface area contributed by atoms with Crippen molar-refractivity contribution >= 4 is 24.6 Å². The Labute approximate surface area is 108 Å². The summed E-state index contributed by atoms with van der Waals surface area (Å²) < 4.78 is 0. The highest BCUT2D eigenvalue weighted by molar-refractivity contribution is 7.83. The Morgan fingerprint density at radius 3 is 2.71 bits per heavy atom. The Hall–Kier alpha value is -1.48. The Bertz CT molecular complexity index is 398. The Balaban J connectivity index is 2.76. The maximum atomic E-state index is 10.7. The van der Waals surface area contributed by atoms with Crippen molar-refractivity contribution in [1.82, 2.24) is 0 Å². The molecule has 0 aliphatic rings. The fourth-order valence-corrected chi connectivity index (χ4v) is 1.59. The van der Waals surface area contributed by atoms with Gasteiger partial charge in [-0.15, -0.1) is 0 Å². The Morgan fingerprint density at radius 1 is 1.41 bits per heavy atom. The Morgan fingerprint density at radius 2 is 2.12 bits per heavy atom. The summed E-state index contributed by atoms with van der Waals surface area (Å²) in [6, 6.07) is 9.89. The monoisotopic (exact) mass is 247 g/mol. The van der Waals surface area contributed by atoms with E-state index in [9.17, 15) is 4.79 Å². The number of carbonyl (C=O) groups is 1. The van der Waals surface area contributed by atoms with Gasteiger partial charge in [0, 0.05) is 12.1 Å². The van der Waals surface area contributed by atoms with Crippen LogP contribution in [0.5, 0.6) is 0 Å². The van der Waals surface area contributed by atoms with Gasteiger partial charge in [-0.25, -0.2) is 0 Å². The minimum atomic E-state index is 0.0273. The Kier molecular flexibility index (Phi) is 6.18. The van der Waals surface area contributed by atoms with E-state index in [1.807, 2.05) is 49.4 Å². The maximum Gasteiger partial charge on any atom is 0.122 e. The lowest BCUT2D eigenvalue weighted by Crippen LogP contribution is -2.21. The number of aldehydes is 1. The first kappa shape index (κ1) is 13.6. The van der Waals surface area contributed by atoms with E-state index >= 15 is 0 Å². The molecule has 1 aromatic carbocycles. The average Bonchev–Trinajstić information content (AvgIpc) is 2.36. The molecule has 1 aromatic rings. The minimum Gasteiger partial charge on any atom is -0.378 e. The SMILES string of the molecule is CC(=C/C=C/S)[C@H](CC=O)Nc1ccccc1. The van der Waals surface area contributed by atoms with E-state index in [0.717, 1.165) is 17.5 Å². The number of rotatable bonds is 6. The molecule has 0 bridgehead atoms. The second-order valence-corrected chi connectivity index (χ2v) is 4.02. The number of carbonyl (C=O) groups excluding carboxylic acids is 1. The molecule has 0 unspecified atom stereocenters. The third-order valence-electron chi connectivity index (χ3n) is 2.44. The number of anilines is 1. The van der Waals surface area contributed by atoms with Gasteiger partial charge in [0.25, 0.3) is 0 Å². The lowest BCUT2D eigenvalue weighted by molar-refractivity contribution is -0.107. The summed E-state index contributed by atoms with van der Waals surface area (Å²) in [5.41, 5.74) is 2.12. The van der Waals surface area contributed by atoms with Crippen molar-refractivity contribution in [3.8, 4) is 0 Å². The molecule has 0 radical (unpaired) electrons. The first-order chi connectivity index (χ1) is 8.27. The molecule has 90 valence electrons. The van der Waals surface area contributed by atoms with Gasteiger partial charge in [-0.05, 0) is 24.5 Å². The first-order valence-electron chi connectivity index (χ1n) is 5.50. The van der Waals surface area contributed by atoms with Crippen LogP contribution in [0, 0.1) is 0 Å². The van der Waals surface area contributed by atoms with E-state index in [0.29, 0.717) is 6.42 Å². The van der Waals surface area contributed by atoms with Gasteiger partial charge in [0.1, 0.15) is 6.29 Å². The van der Waals surface area contributed by atoms with Crippen LogP contribution in [0.25, 0.3) is 0 Å². The van der Waals surface area contributed by atoms with Crippen LogP contribution in [-0.4, -0.2) is 12.3 Å². The summed E-state index contributed by atoms with van der Waals surface area (Å²) in [6.45, 7) is 2.00. The number of para-hydroxylation sites is 1. The molecule has 0 heterocycles. The lowest BCUT2D eigenvalue weighted by atomic mass is 10.1.